The second kappa shape index (κ2) is 68.3. The first kappa shape index (κ1) is 75.0. The number of hydrogen-bond acceptors (Lipinski definition) is 3. The first-order valence-corrected chi connectivity index (χ1v) is 34.1. The standard InChI is InChI=1S/C74H131NO3/c1-3-5-7-9-11-13-15-17-19-21-23-25-27-29-31-32-33-34-35-36-37-38-39-40-41-42-44-46-48-50-52-54-56-58-60-62-64-66-68-70-74(78)75-72(71-76)73(77)69-67-65-63-61-59-57-55-53-51-49-47-45-43-30-28-26-24-22-20-18-16-14-12-10-8-6-4-2/h5,7,11,13,17,19,23,25,29,31,33-34,36-37,39-40,67,69,72-73,76-77H,3-4,6,8-10,12,14-16,18,20-22,24,26-28,30,32,35,38,41-66,68,70-71H2,1-2H3,(H,75,78)/b7-5-,13-11-,19-17-,25-23-,31-29-,34-33-,37-36-,40-39-,69-67+. The topological polar surface area (TPSA) is 69.6 Å². The Labute approximate surface area is 486 Å². The number of rotatable bonds is 62. The molecule has 0 spiro atoms. The van der Waals surface area contributed by atoms with Gasteiger partial charge in [-0.2, -0.15) is 0 Å². The molecule has 450 valence electrons. The van der Waals surface area contributed by atoms with E-state index in [4.69, 9.17) is 0 Å². The Morgan fingerprint density at radius 2 is 0.564 bits per heavy atom. The summed E-state index contributed by atoms with van der Waals surface area (Å²) in [5, 5.41) is 23.3. The molecule has 0 rings (SSSR count). The average Bonchev–Trinajstić information content (AvgIpc) is 3.44. The van der Waals surface area contributed by atoms with E-state index < -0.39 is 12.1 Å². The summed E-state index contributed by atoms with van der Waals surface area (Å²) in [7, 11) is 0. The quantitative estimate of drug-likeness (QED) is 0.0420. The van der Waals surface area contributed by atoms with E-state index in [1.165, 1.54) is 238 Å². The van der Waals surface area contributed by atoms with Gasteiger partial charge in [0.15, 0.2) is 0 Å². The zero-order valence-electron chi connectivity index (χ0n) is 51.9. The lowest BCUT2D eigenvalue weighted by atomic mass is 10.0. The number of carbonyl (C=O) groups is 1. The first-order chi connectivity index (χ1) is 38.7. The van der Waals surface area contributed by atoms with Crippen LogP contribution < -0.4 is 5.32 Å². The van der Waals surface area contributed by atoms with Crippen LogP contribution in [0.4, 0.5) is 0 Å². The molecule has 0 aromatic heterocycles. The zero-order chi connectivity index (χ0) is 56.2. The molecule has 0 fully saturated rings. The second-order valence-electron chi connectivity index (χ2n) is 22.9. The molecule has 0 heterocycles. The molecular formula is C74H131NO3. The molecule has 0 saturated carbocycles. The Morgan fingerprint density at radius 3 is 0.846 bits per heavy atom. The van der Waals surface area contributed by atoms with Crippen molar-refractivity contribution in [2.45, 2.75) is 347 Å². The van der Waals surface area contributed by atoms with Crippen molar-refractivity contribution in [1.29, 1.82) is 0 Å². The van der Waals surface area contributed by atoms with Crippen LogP contribution in [0, 0.1) is 0 Å². The van der Waals surface area contributed by atoms with E-state index in [-0.39, 0.29) is 12.5 Å². The van der Waals surface area contributed by atoms with Gasteiger partial charge in [0, 0.05) is 6.42 Å². The molecular weight excluding hydrogens is 951 g/mol. The lowest BCUT2D eigenvalue weighted by Gasteiger charge is -2.20. The molecule has 78 heavy (non-hydrogen) atoms. The summed E-state index contributed by atoms with van der Waals surface area (Å²) in [6.45, 7) is 4.22. The predicted molar refractivity (Wildman–Crippen MR) is 349 cm³/mol. The van der Waals surface area contributed by atoms with Crippen LogP contribution >= 0.6 is 0 Å². The van der Waals surface area contributed by atoms with Gasteiger partial charge in [-0.25, -0.2) is 0 Å². The summed E-state index contributed by atoms with van der Waals surface area (Å²) >= 11 is 0. The van der Waals surface area contributed by atoms with Gasteiger partial charge in [-0.05, 0) is 83.5 Å². The smallest absolute Gasteiger partial charge is 0.220 e. The molecule has 0 aliphatic rings. The predicted octanol–water partition coefficient (Wildman–Crippen LogP) is 23.4. The van der Waals surface area contributed by atoms with E-state index in [1.807, 2.05) is 6.08 Å². The largest absolute Gasteiger partial charge is 0.394 e. The van der Waals surface area contributed by atoms with Crippen LogP contribution in [0.3, 0.4) is 0 Å². The minimum atomic E-state index is -0.846. The number of carbonyl (C=O) groups excluding carboxylic acids is 1. The van der Waals surface area contributed by atoms with Crippen molar-refractivity contribution in [3.8, 4) is 0 Å². The molecule has 4 nitrogen and oxygen atoms in total. The highest BCUT2D eigenvalue weighted by Crippen LogP contribution is 2.18. The van der Waals surface area contributed by atoms with Gasteiger partial charge in [-0.1, -0.05) is 354 Å². The molecule has 0 aliphatic carbocycles. The fraction of sp³-hybridized carbons (Fsp3) is 0.743. The number of nitrogens with one attached hydrogen (secondary N) is 1. The van der Waals surface area contributed by atoms with Gasteiger partial charge in [0.05, 0.1) is 18.8 Å². The molecule has 1 amide bonds. The maximum absolute atomic E-state index is 12.5. The molecule has 3 N–H and O–H groups in total. The molecule has 0 saturated heterocycles. The number of amides is 1. The van der Waals surface area contributed by atoms with Crippen molar-refractivity contribution in [3.63, 3.8) is 0 Å². The Hall–Kier alpha value is -2.95. The van der Waals surface area contributed by atoms with Crippen LogP contribution in [-0.2, 0) is 4.79 Å². The monoisotopic (exact) mass is 1080 g/mol. The molecule has 2 unspecified atom stereocenters. The SMILES string of the molecule is CC/C=C\C/C=C\C/C=C\C/C=C\C/C=C\C/C=C\C/C=C\C/C=C\CCCCCCCCCCCCCCCCC(=O)NC(CO)C(O)/C=C/CCCCCCCCCCCCCCCCCCCCCCCCCCC. The van der Waals surface area contributed by atoms with E-state index >= 15 is 0 Å². The number of aliphatic hydroxyl groups is 2. The van der Waals surface area contributed by atoms with E-state index in [9.17, 15) is 15.0 Å². The normalized spacial score (nSPS) is 13.4. The van der Waals surface area contributed by atoms with Crippen molar-refractivity contribution in [2.75, 3.05) is 6.61 Å². The number of allylic oxidation sites excluding steroid dienone is 17. The highest BCUT2D eigenvalue weighted by molar-refractivity contribution is 5.76. The Bertz CT molecular complexity index is 1460. The van der Waals surface area contributed by atoms with E-state index in [0.29, 0.717) is 6.42 Å². The molecule has 0 aromatic carbocycles. The molecule has 2 atom stereocenters. The van der Waals surface area contributed by atoms with Crippen LogP contribution in [0.5, 0.6) is 0 Å². The fourth-order valence-corrected chi connectivity index (χ4v) is 10.1. The minimum absolute atomic E-state index is 0.0640. The average molecular weight is 1080 g/mol. The molecule has 4 heteroatoms. The van der Waals surface area contributed by atoms with Gasteiger partial charge < -0.3 is 15.5 Å². The summed E-state index contributed by atoms with van der Waals surface area (Å²) in [6.07, 6.45) is 103. The third-order valence-electron chi connectivity index (χ3n) is 15.3. The third-order valence-corrected chi connectivity index (χ3v) is 15.3. The Balaban J connectivity index is 3.51. The van der Waals surface area contributed by atoms with Crippen LogP contribution in [-0.4, -0.2) is 34.9 Å². The maximum Gasteiger partial charge on any atom is 0.220 e. The van der Waals surface area contributed by atoms with Gasteiger partial charge >= 0.3 is 0 Å². The summed E-state index contributed by atoms with van der Waals surface area (Å²) in [5.74, 6) is -0.0640. The highest BCUT2D eigenvalue weighted by atomic mass is 16.3. The van der Waals surface area contributed by atoms with Gasteiger partial charge in [0.2, 0.25) is 5.91 Å². The molecule has 0 radical (unpaired) electrons. The lowest BCUT2D eigenvalue weighted by Crippen LogP contribution is -2.45. The second-order valence-corrected chi connectivity index (χ2v) is 22.9. The van der Waals surface area contributed by atoms with E-state index in [0.717, 1.165) is 77.0 Å². The van der Waals surface area contributed by atoms with Crippen molar-refractivity contribution >= 4 is 5.91 Å². The van der Waals surface area contributed by atoms with Gasteiger partial charge in [-0.3, -0.25) is 4.79 Å². The van der Waals surface area contributed by atoms with Crippen LogP contribution in [0.1, 0.15) is 335 Å². The van der Waals surface area contributed by atoms with Gasteiger partial charge in [0.1, 0.15) is 0 Å². The molecule has 0 bridgehead atoms. The highest BCUT2D eigenvalue weighted by Gasteiger charge is 2.18. The number of hydrogen-bond donors (Lipinski definition) is 3. The Kier molecular flexibility index (Phi) is 65.7. The third kappa shape index (κ3) is 63.9. The lowest BCUT2D eigenvalue weighted by molar-refractivity contribution is -0.123. The number of unbranched alkanes of at least 4 members (excludes halogenated alkanes) is 39. The number of aliphatic hydroxyl groups excluding tert-OH is 2. The van der Waals surface area contributed by atoms with Crippen LogP contribution in [0.25, 0.3) is 0 Å². The summed E-state index contributed by atoms with van der Waals surface area (Å²) < 4.78 is 0. The van der Waals surface area contributed by atoms with Gasteiger partial charge in [0.25, 0.3) is 0 Å². The van der Waals surface area contributed by atoms with Crippen molar-refractivity contribution in [1.82, 2.24) is 5.32 Å². The van der Waals surface area contributed by atoms with Crippen molar-refractivity contribution in [2.24, 2.45) is 0 Å². The molecule has 0 aliphatic heterocycles. The summed E-state index contributed by atoms with van der Waals surface area (Å²) in [6, 6.07) is -0.630. The van der Waals surface area contributed by atoms with E-state index in [2.05, 4.69) is 116 Å². The Morgan fingerprint density at radius 1 is 0.321 bits per heavy atom. The zero-order valence-corrected chi connectivity index (χ0v) is 51.9. The van der Waals surface area contributed by atoms with Crippen molar-refractivity contribution in [3.05, 3.63) is 109 Å². The summed E-state index contributed by atoms with van der Waals surface area (Å²) in [4.78, 5) is 12.5. The fourth-order valence-electron chi connectivity index (χ4n) is 10.1. The summed E-state index contributed by atoms with van der Waals surface area (Å²) in [5.41, 5.74) is 0. The van der Waals surface area contributed by atoms with Crippen LogP contribution in [0.15, 0.2) is 109 Å². The van der Waals surface area contributed by atoms with E-state index in [1.54, 1.807) is 6.08 Å². The van der Waals surface area contributed by atoms with Crippen LogP contribution in [0.2, 0.25) is 0 Å². The molecule has 0 aromatic rings. The minimum Gasteiger partial charge on any atom is -0.394 e. The van der Waals surface area contributed by atoms with Crippen molar-refractivity contribution < 1.29 is 15.0 Å². The first-order valence-electron chi connectivity index (χ1n) is 34.1. The maximum atomic E-state index is 12.5. The van der Waals surface area contributed by atoms with Gasteiger partial charge in [-0.15, -0.1) is 0 Å².